The molecule has 0 saturated heterocycles. The van der Waals surface area contributed by atoms with E-state index in [1.165, 1.54) is 28.1 Å². The van der Waals surface area contributed by atoms with Crippen LogP contribution in [-0.4, -0.2) is 13.6 Å². The van der Waals surface area contributed by atoms with Crippen LogP contribution >= 0.6 is 0 Å². The van der Waals surface area contributed by atoms with Crippen LogP contribution in [0.1, 0.15) is 30.5 Å². The Kier molecular flexibility index (Phi) is 5.40. The maximum atomic E-state index is 3.37. The van der Waals surface area contributed by atoms with Gasteiger partial charge in [0.05, 0.1) is 0 Å². The van der Waals surface area contributed by atoms with Crippen LogP contribution in [0, 0.1) is 6.92 Å². The fraction of sp³-hybridized carbons (Fsp3) is 0.368. The largest absolute Gasteiger partial charge is 0.344 e. The van der Waals surface area contributed by atoms with Crippen LogP contribution in [0.25, 0.3) is 0 Å². The van der Waals surface area contributed by atoms with E-state index in [4.69, 9.17) is 0 Å². The molecule has 2 nitrogen and oxygen atoms in total. The van der Waals surface area contributed by atoms with Gasteiger partial charge in [-0.05, 0) is 54.8 Å². The highest BCUT2D eigenvalue weighted by atomic mass is 15.1. The lowest BCUT2D eigenvalue weighted by Crippen LogP contribution is -2.13. The summed E-state index contributed by atoms with van der Waals surface area (Å²) in [5, 5.41) is 3.37. The number of nitrogens with one attached hydrogen (secondary N) is 1. The van der Waals surface area contributed by atoms with E-state index in [1.807, 2.05) is 0 Å². The Morgan fingerprint density at radius 2 is 1.62 bits per heavy atom. The third kappa shape index (κ3) is 3.85. The molecule has 0 heterocycles. The normalized spacial score (nSPS) is 10.7. The Morgan fingerprint density at radius 3 is 2.19 bits per heavy atom. The van der Waals surface area contributed by atoms with Crippen LogP contribution < -0.4 is 10.2 Å². The van der Waals surface area contributed by atoms with E-state index in [0.717, 1.165) is 19.5 Å². The van der Waals surface area contributed by atoms with E-state index < -0.39 is 0 Å². The molecule has 0 amide bonds. The summed E-state index contributed by atoms with van der Waals surface area (Å²) in [6, 6.07) is 15.5. The van der Waals surface area contributed by atoms with E-state index in [1.54, 1.807) is 0 Å². The summed E-state index contributed by atoms with van der Waals surface area (Å²) in [5.74, 6) is 0. The fourth-order valence-electron chi connectivity index (χ4n) is 2.57. The second-order valence-electron chi connectivity index (χ2n) is 5.48. The van der Waals surface area contributed by atoms with Gasteiger partial charge >= 0.3 is 0 Å². The van der Waals surface area contributed by atoms with Crippen LogP contribution in [-0.2, 0) is 13.0 Å². The Bertz CT molecular complexity index is 573. The molecule has 0 aromatic heterocycles. The Labute approximate surface area is 128 Å². The molecule has 2 aromatic rings. The minimum absolute atomic E-state index is 0.937. The molecule has 0 unspecified atom stereocenters. The molecular formula is C19H26N2. The smallest absolute Gasteiger partial charge is 0.0438 e. The first kappa shape index (κ1) is 15.6. The first-order valence-corrected chi connectivity index (χ1v) is 7.78. The lowest BCUT2D eigenvalue weighted by atomic mass is 10.1. The van der Waals surface area contributed by atoms with Crippen molar-refractivity contribution in [2.75, 3.05) is 18.5 Å². The summed E-state index contributed by atoms with van der Waals surface area (Å²) in [4.78, 5) is 2.26. The summed E-state index contributed by atoms with van der Waals surface area (Å²) in [6.07, 6.45) is 1.09. The molecule has 0 saturated carbocycles. The van der Waals surface area contributed by atoms with Crippen molar-refractivity contribution in [2.24, 2.45) is 0 Å². The van der Waals surface area contributed by atoms with Crippen LogP contribution in [0.3, 0.4) is 0 Å². The summed E-state index contributed by atoms with van der Waals surface area (Å²) in [7, 11) is 2.13. The quantitative estimate of drug-likeness (QED) is 0.843. The van der Waals surface area contributed by atoms with Crippen molar-refractivity contribution in [1.82, 2.24) is 5.32 Å². The zero-order chi connectivity index (χ0) is 15.2. The Hall–Kier alpha value is -1.80. The first-order valence-electron chi connectivity index (χ1n) is 7.78. The number of hydrogen-bond acceptors (Lipinski definition) is 2. The third-order valence-electron chi connectivity index (χ3n) is 3.93. The molecule has 1 N–H and O–H groups in total. The molecule has 0 aliphatic rings. The van der Waals surface area contributed by atoms with Gasteiger partial charge < -0.3 is 10.2 Å². The zero-order valence-corrected chi connectivity index (χ0v) is 13.6. The molecule has 2 rings (SSSR count). The number of benzene rings is 2. The van der Waals surface area contributed by atoms with Crippen LogP contribution in [0.4, 0.5) is 11.4 Å². The van der Waals surface area contributed by atoms with E-state index in [2.05, 4.69) is 80.5 Å². The predicted molar refractivity (Wildman–Crippen MR) is 92.4 cm³/mol. The van der Waals surface area contributed by atoms with Gasteiger partial charge in [0, 0.05) is 25.0 Å². The SMILES string of the molecule is CCNCc1ccc(N(C)c2ccc(CC)cc2)c(C)c1. The van der Waals surface area contributed by atoms with Gasteiger partial charge in [-0.2, -0.15) is 0 Å². The lowest BCUT2D eigenvalue weighted by Gasteiger charge is -2.22. The summed E-state index contributed by atoms with van der Waals surface area (Å²) in [6.45, 7) is 8.44. The van der Waals surface area contributed by atoms with Crippen molar-refractivity contribution in [1.29, 1.82) is 0 Å². The van der Waals surface area contributed by atoms with Gasteiger partial charge in [-0.25, -0.2) is 0 Å². The highest BCUT2D eigenvalue weighted by molar-refractivity contribution is 5.66. The van der Waals surface area contributed by atoms with Gasteiger partial charge in [0.1, 0.15) is 0 Å². The third-order valence-corrected chi connectivity index (χ3v) is 3.93. The van der Waals surface area contributed by atoms with Crippen LogP contribution in [0.15, 0.2) is 42.5 Å². The van der Waals surface area contributed by atoms with Crippen molar-refractivity contribution in [2.45, 2.75) is 33.7 Å². The first-order chi connectivity index (χ1) is 10.2. The molecule has 0 bridgehead atoms. The highest BCUT2D eigenvalue weighted by Crippen LogP contribution is 2.27. The molecular weight excluding hydrogens is 256 g/mol. The number of aryl methyl sites for hydroxylation is 2. The average molecular weight is 282 g/mol. The minimum Gasteiger partial charge on any atom is -0.344 e. The summed E-state index contributed by atoms with van der Waals surface area (Å²) < 4.78 is 0. The average Bonchev–Trinajstić information content (AvgIpc) is 2.52. The van der Waals surface area contributed by atoms with Crippen molar-refractivity contribution in [3.05, 3.63) is 59.2 Å². The molecule has 0 aliphatic carbocycles. The molecule has 0 atom stereocenters. The highest BCUT2D eigenvalue weighted by Gasteiger charge is 2.07. The molecule has 0 fully saturated rings. The van der Waals surface area contributed by atoms with E-state index in [9.17, 15) is 0 Å². The molecule has 0 spiro atoms. The van der Waals surface area contributed by atoms with Gasteiger partial charge in [-0.1, -0.05) is 38.1 Å². The van der Waals surface area contributed by atoms with Crippen LogP contribution in [0.5, 0.6) is 0 Å². The molecule has 0 aliphatic heterocycles. The van der Waals surface area contributed by atoms with Gasteiger partial charge in [-0.3, -0.25) is 0 Å². The summed E-state index contributed by atoms with van der Waals surface area (Å²) >= 11 is 0. The van der Waals surface area contributed by atoms with Gasteiger partial charge in [0.2, 0.25) is 0 Å². The Morgan fingerprint density at radius 1 is 0.952 bits per heavy atom. The maximum Gasteiger partial charge on any atom is 0.0438 e. The predicted octanol–water partition coefficient (Wildman–Crippen LogP) is 4.43. The monoisotopic (exact) mass is 282 g/mol. The number of rotatable bonds is 6. The summed E-state index contributed by atoms with van der Waals surface area (Å²) in [5.41, 5.74) is 6.53. The van der Waals surface area contributed by atoms with E-state index in [0.29, 0.717) is 0 Å². The lowest BCUT2D eigenvalue weighted by molar-refractivity contribution is 0.726. The maximum absolute atomic E-state index is 3.37. The van der Waals surface area contributed by atoms with Crippen molar-refractivity contribution < 1.29 is 0 Å². The van der Waals surface area contributed by atoms with E-state index in [-0.39, 0.29) is 0 Å². The number of nitrogens with zero attached hydrogens (tertiary/aromatic N) is 1. The second kappa shape index (κ2) is 7.28. The molecule has 0 radical (unpaired) electrons. The number of anilines is 2. The van der Waals surface area contributed by atoms with Crippen molar-refractivity contribution in [3.8, 4) is 0 Å². The zero-order valence-electron chi connectivity index (χ0n) is 13.6. The van der Waals surface area contributed by atoms with Gasteiger partial charge in [0.25, 0.3) is 0 Å². The van der Waals surface area contributed by atoms with Gasteiger partial charge in [-0.15, -0.1) is 0 Å². The second-order valence-corrected chi connectivity index (χ2v) is 5.48. The minimum atomic E-state index is 0.937. The standard InChI is InChI=1S/C19H26N2/c1-5-16-7-10-18(11-8-16)21(4)19-12-9-17(13-15(19)3)14-20-6-2/h7-13,20H,5-6,14H2,1-4H3. The van der Waals surface area contributed by atoms with Crippen molar-refractivity contribution >= 4 is 11.4 Å². The number of hydrogen-bond donors (Lipinski definition) is 1. The van der Waals surface area contributed by atoms with Crippen molar-refractivity contribution in [3.63, 3.8) is 0 Å². The fourth-order valence-corrected chi connectivity index (χ4v) is 2.57. The van der Waals surface area contributed by atoms with E-state index >= 15 is 0 Å². The topological polar surface area (TPSA) is 15.3 Å². The van der Waals surface area contributed by atoms with Gasteiger partial charge in [0.15, 0.2) is 0 Å². The molecule has 21 heavy (non-hydrogen) atoms. The van der Waals surface area contributed by atoms with Crippen LogP contribution in [0.2, 0.25) is 0 Å². The molecule has 2 aromatic carbocycles. The molecule has 2 heteroatoms. The Balaban J connectivity index is 2.19. The molecule has 112 valence electrons.